The number of aryl methyl sites for hydroxylation is 1. The first-order valence-corrected chi connectivity index (χ1v) is 7.70. The minimum atomic E-state index is -0.211. The summed E-state index contributed by atoms with van der Waals surface area (Å²) >= 11 is 12.4. The fourth-order valence-electron chi connectivity index (χ4n) is 2.43. The van der Waals surface area contributed by atoms with Gasteiger partial charge in [-0.3, -0.25) is 0 Å². The highest BCUT2D eigenvalue weighted by Crippen LogP contribution is 2.29. The molecule has 1 N–H and O–H groups in total. The minimum absolute atomic E-state index is 0.0466. The van der Waals surface area contributed by atoms with Crippen molar-refractivity contribution in [3.05, 3.63) is 69.0 Å². The predicted octanol–water partition coefficient (Wildman–Crippen LogP) is 5.33. The number of benzene rings is 2. The third-order valence-electron chi connectivity index (χ3n) is 3.51. The third kappa shape index (κ3) is 4.19. The Morgan fingerprint density at radius 1 is 1.14 bits per heavy atom. The molecule has 4 heteroatoms. The molecule has 1 nitrogen and oxygen atoms in total. The lowest BCUT2D eigenvalue weighted by Gasteiger charge is -2.21. The van der Waals surface area contributed by atoms with Crippen LogP contribution in [0.3, 0.4) is 0 Å². The number of nitrogens with one attached hydrogen (secondary N) is 1. The molecular weight excluding hydrogens is 308 g/mol. The van der Waals surface area contributed by atoms with Gasteiger partial charge >= 0.3 is 0 Å². The smallest absolute Gasteiger partial charge is 0.123 e. The second-order valence-corrected chi connectivity index (χ2v) is 5.89. The molecule has 2 rings (SSSR count). The summed E-state index contributed by atoms with van der Waals surface area (Å²) in [5.74, 6) is -0.211. The molecule has 2 aromatic rings. The Morgan fingerprint density at radius 2 is 1.90 bits per heavy atom. The highest BCUT2D eigenvalue weighted by atomic mass is 35.5. The fourth-order valence-corrected chi connectivity index (χ4v) is 2.86. The van der Waals surface area contributed by atoms with E-state index in [1.165, 1.54) is 6.07 Å². The number of hydrogen-bond acceptors (Lipinski definition) is 1. The maximum atomic E-state index is 13.2. The van der Waals surface area contributed by atoms with E-state index in [1.54, 1.807) is 18.2 Å². The van der Waals surface area contributed by atoms with Crippen LogP contribution in [-0.2, 0) is 6.42 Å². The van der Waals surface area contributed by atoms with Crippen molar-refractivity contribution in [3.63, 3.8) is 0 Å². The van der Waals surface area contributed by atoms with E-state index in [0.717, 1.165) is 29.7 Å². The summed E-state index contributed by atoms with van der Waals surface area (Å²) in [6.07, 6.45) is 0.736. The van der Waals surface area contributed by atoms with Gasteiger partial charge < -0.3 is 5.32 Å². The number of halogens is 3. The van der Waals surface area contributed by atoms with Crippen LogP contribution < -0.4 is 5.32 Å². The van der Waals surface area contributed by atoms with Gasteiger partial charge in [-0.05, 0) is 66.9 Å². The van der Waals surface area contributed by atoms with Crippen molar-refractivity contribution in [1.29, 1.82) is 0 Å². The van der Waals surface area contributed by atoms with E-state index < -0.39 is 0 Å². The van der Waals surface area contributed by atoms with Crippen LogP contribution in [0.15, 0.2) is 36.4 Å². The van der Waals surface area contributed by atoms with Crippen LogP contribution in [0.2, 0.25) is 10.0 Å². The van der Waals surface area contributed by atoms with Gasteiger partial charge in [0.25, 0.3) is 0 Å². The lowest BCUT2D eigenvalue weighted by atomic mass is 9.96. The molecule has 0 saturated carbocycles. The van der Waals surface area contributed by atoms with Gasteiger partial charge in [0.2, 0.25) is 0 Å². The molecule has 0 aromatic heterocycles. The van der Waals surface area contributed by atoms with Crippen LogP contribution in [0.5, 0.6) is 0 Å². The lowest BCUT2D eigenvalue weighted by Crippen LogP contribution is -2.23. The third-order valence-corrected chi connectivity index (χ3v) is 4.09. The van der Waals surface area contributed by atoms with Crippen molar-refractivity contribution in [3.8, 4) is 0 Å². The summed E-state index contributed by atoms with van der Waals surface area (Å²) in [7, 11) is 0. The Kier molecular flexibility index (Phi) is 5.63. The molecule has 0 aliphatic rings. The van der Waals surface area contributed by atoms with E-state index >= 15 is 0 Å². The van der Waals surface area contributed by atoms with Gasteiger partial charge in [0.05, 0.1) is 0 Å². The summed E-state index contributed by atoms with van der Waals surface area (Å²) < 4.78 is 13.2. The first-order valence-electron chi connectivity index (χ1n) is 6.94. The van der Waals surface area contributed by atoms with E-state index in [4.69, 9.17) is 23.2 Å². The van der Waals surface area contributed by atoms with Crippen molar-refractivity contribution >= 4 is 23.2 Å². The Hall–Kier alpha value is -1.09. The predicted molar refractivity (Wildman–Crippen MR) is 87.7 cm³/mol. The van der Waals surface area contributed by atoms with Crippen LogP contribution >= 0.6 is 23.2 Å². The first-order chi connectivity index (χ1) is 10.0. The molecule has 1 atom stereocenters. The summed E-state index contributed by atoms with van der Waals surface area (Å²) in [5, 5.41) is 4.77. The molecule has 2 aromatic carbocycles. The first kappa shape index (κ1) is 16.3. The van der Waals surface area contributed by atoms with E-state index in [9.17, 15) is 4.39 Å². The molecule has 0 saturated heterocycles. The number of hydrogen-bond donors (Lipinski definition) is 1. The second kappa shape index (κ2) is 7.26. The van der Waals surface area contributed by atoms with Crippen LogP contribution in [0, 0.1) is 12.7 Å². The standard InChI is InChI=1S/C17H18Cl2FN/c1-3-21-17(15-10-13(18)5-7-16(15)19)9-12-4-6-14(20)8-11(12)2/h4-8,10,17,21H,3,9H2,1-2H3. The molecular formula is C17H18Cl2FN. The molecule has 0 radical (unpaired) electrons. The molecule has 112 valence electrons. The average molecular weight is 326 g/mol. The van der Waals surface area contributed by atoms with Crippen LogP contribution in [-0.4, -0.2) is 6.54 Å². The summed E-state index contributed by atoms with van der Waals surface area (Å²) in [4.78, 5) is 0. The van der Waals surface area contributed by atoms with Crippen molar-refractivity contribution in [2.75, 3.05) is 6.54 Å². The van der Waals surface area contributed by atoms with Gasteiger partial charge in [-0.25, -0.2) is 4.39 Å². The van der Waals surface area contributed by atoms with Gasteiger partial charge in [0.1, 0.15) is 5.82 Å². The van der Waals surface area contributed by atoms with Gasteiger partial charge in [0, 0.05) is 16.1 Å². The topological polar surface area (TPSA) is 12.0 Å². The molecule has 0 amide bonds. The Labute approximate surface area is 135 Å². The van der Waals surface area contributed by atoms with Gasteiger partial charge in [-0.1, -0.05) is 36.2 Å². The molecule has 0 heterocycles. The highest BCUT2D eigenvalue weighted by molar-refractivity contribution is 6.33. The van der Waals surface area contributed by atoms with E-state index in [2.05, 4.69) is 5.32 Å². The Morgan fingerprint density at radius 3 is 2.57 bits per heavy atom. The SMILES string of the molecule is CCNC(Cc1ccc(F)cc1C)c1cc(Cl)ccc1Cl. The quantitative estimate of drug-likeness (QED) is 0.782. The molecule has 0 aliphatic carbocycles. The number of rotatable bonds is 5. The largest absolute Gasteiger partial charge is 0.310 e. The Bertz CT molecular complexity index is 628. The second-order valence-electron chi connectivity index (χ2n) is 5.05. The molecule has 1 unspecified atom stereocenters. The minimum Gasteiger partial charge on any atom is -0.310 e. The van der Waals surface area contributed by atoms with Crippen molar-refractivity contribution < 1.29 is 4.39 Å². The molecule has 21 heavy (non-hydrogen) atoms. The van der Waals surface area contributed by atoms with E-state index in [0.29, 0.717) is 10.0 Å². The van der Waals surface area contributed by atoms with Gasteiger partial charge in [-0.2, -0.15) is 0 Å². The maximum absolute atomic E-state index is 13.2. The summed E-state index contributed by atoms with van der Waals surface area (Å²) in [6.45, 7) is 4.78. The van der Waals surface area contributed by atoms with Crippen LogP contribution in [0.25, 0.3) is 0 Å². The lowest BCUT2D eigenvalue weighted by molar-refractivity contribution is 0.547. The average Bonchev–Trinajstić information content (AvgIpc) is 2.44. The maximum Gasteiger partial charge on any atom is 0.123 e. The zero-order valence-electron chi connectivity index (χ0n) is 12.1. The van der Waals surface area contributed by atoms with Crippen molar-refractivity contribution in [2.45, 2.75) is 26.3 Å². The van der Waals surface area contributed by atoms with E-state index in [-0.39, 0.29) is 11.9 Å². The molecule has 0 aliphatic heterocycles. The highest BCUT2D eigenvalue weighted by Gasteiger charge is 2.16. The van der Waals surface area contributed by atoms with Crippen molar-refractivity contribution in [2.24, 2.45) is 0 Å². The number of likely N-dealkylation sites (N-methyl/N-ethyl adjacent to an activating group) is 1. The summed E-state index contributed by atoms with van der Waals surface area (Å²) in [6, 6.07) is 10.4. The normalized spacial score (nSPS) is 12.4. The monoisotopic (exact) mass is 325 g/mol. The molecule has 0 bridgehead atoms. The zero-order chi connectivity index (χ0) is 15.4. The van der Waals surface area contributed by atoms with Gasteiger partial charge in [-0.15, -0.1) is 0 Å². The van der Waals surface area contributed by atoms with Crippen molar-refractivity contribution in [1.82, 2.24) is 5.32 Å². The summed E-state index contributed by atoms with van der Waals surface area (Å²) in [5.41, 5.74) is 3.00. The van der Waals surface area contributed by atoms with E-state index in [1.807, 2.05) is 26.0 Å². The van der Waals surface area contributed by atoms with Gasteiger partial charge in [0.15, 0.2) is 0 Å². The molecule has 0 spiro atoms. The molecule has 0 fully saturated rings. The fraction of sp³-hybridized carbons (Fsp3) is 0.294. The Balaban J connectivity index is 2.32. The van der Waals surface area contributed by atoms with Crippen LogP contribution in [0.1, 0.15) is 29.7 Å². The van der Waals surface area contributed by atoms with Crippen LogP contribution in [0.4, 0.5) is 4.39 Å². The zero-order valence-corrected chi connectivity index (χ0v) is 13.6.